The van der Waals surface area contributed by atoms with Gasteiger partial charge in [0.15, 0.2) is 0 Å². The molecule has 0 atom stereocenters. The maximum Gasteiger partial charge on any atom is 0.274 e. The molecule has 3 aromatic rings. The third-order valence-corrected chi connectivity index (χ3v) is 4.03. The molecule has 1 aromatic heterocycles. The quantitative estimate of drug-likeness (QED) is 0.662. The zero-order valence-electron chi connectivity index (χ0n) is 14.4. The van der Waals surface area contributed by atoms with Crippen LogP contribution in [0.1, 0.15) is 16.1 Å². The molecule has 3 rings (SSSR count). The van der Waals surface area contributed by atoms with Gasteiger partial charge in [-0.1, -0.05) is 23.7 Å². The number of hydrogen-bond acceptors (Lipinski definition) is 4. The van der Waals surface area contributed by atoms with Crippen molar-refractivity contribution in [2.24, 2.45) is 0 Å². The van der Waals surface area contributed by atoms with Gasteiger partial charge < -0.3 is 15.4 Å². The van der Waals surface area contributed by atoms with E-state index in [0.29, 0.717) is 22.2 Å². The molecule has 0 bridgehead atoms. The number of benzene rings is 2. The third-order valence-electron chi connectivity index (χ3n) is 3.80. The number of hydrogen-bond donors (Lipinski definition) is 2. The Morgan fingerprint density at radius 3 is 2.73 bits per heavy atom. The van der Waals surface area contributed by atoms with Crippen LogP contribution in [0.4, 0.5) is 17.1 Å². The molecule has 0 aliphatic carbocycles. The number of halogens is 1. The van der Waals surface area contributed by atoms with Crippen molar-refractivity contribution in [3.63, 3.8) is 0 Å². The van der Waals surface area contributed by atoms with E-state index in [1.165, 1.54) is 0 Å². The first kappa shape index (κ1) is 17.8. The topological polar surface area (TPSA) is 63.2 Å². The van der Waals surface area contributed by atoms with Gasteiger partial charge in [0.1, 0.15) is 11.4 Å². The van der Waals surface area contributed by atoms with Crippen molar-refractivity contribution in [1.29, 1.82) is 0 Å². The molecule has 6 heteroatoms. The lowest BCUT2D eigenvalue weighted by atomic mass is 10.2. The summed E-state index contributed by atoms with van der Waals surface area (Å²) in [6.45, 7) is 1.98. The van der Waals surface area contributed by atoms with Crippen LogP contribution in [0.5, 0.6) is 5.75 Å². The van der Waals surface area contributed by atoms with E-state index < -0.39 is 0 Å². The molecule has 0 radical (unpaired) electrons. The average molecular weight is 368 g/mol. The lowest BCUT2D eigenvalue weighted by Crippen LogP contribution is -2.13. The van der Waals surface area contributed by atoms with Crippen LogP contribution in [-0.4, -0.2) is 18.0 Å². The van der Waals surface area contributed by atoms with E-state index in [1.54, 1.807) is 37.6 Å². The Hall–Kier alpha value is -3.05. The minimum Gasteiger partial charge on any atom is -0.497 e. The van der Waals surface area contributed by atoms with Crippen LogP contribution in [0.25, 0.3) is 0 Å². The normalized spacial score (nSPS) is 10.3. The number of nitrogens with one attached hydrogen (secondary N) is 2. The summed E-state index contributed by atoms with van der Waals surface area (Å²) >= 11 is 6.05. The van der Waals surface area contributed by atoms with E-state index >= 15 is 0 Å². The number of nitrogens with zero attached hydrogens (tertiary/aromatic N) is 1. The third kappa shape index (κ3) is 4.32. The summed E-state index contributed by atoms with van der Waals surface area (Å²) in [5, 5.41) is 6.72. The summed E-state index contributed by atoms with van der Waals surface area (Å²) in [4.78, 5) is 16.6. The number of amides is 1. The predicted octanol–water partition coefficient (Wildman–Crippen LogP) is 5.05. The minimum atomic E-state index is -0.301. The fourth-order valence-corrected chi connectivity index (χ4v) is 2.58. The van der Waals surface area contributed by atoms with Crippen LogP contribution in [0.3, 0.4) is 0 Å². The summed E-state index contributed by atoms with van der Waals surface area (Å²) in [6.07, 6.45) is 1.59. The highest BCUT2D eigenvalue weighted by atomic mass is 35.5. The number of anilines is 3. The van der Waals surface area contributed by atoms with Gasteiger partial charge in [-0.2, -0.15) is 0 Å². The van der Waals surface area contributed by atoms with Gasteiger partial charge in [0.05, 0.1) is 7.11 Å². The van der Waals surface area contributed by atoms with E-state index in [9.17, 15) is 4.79 Å². The van der Waals surface area contributed by atoms with E-state index in [0.717, 1.165) is 16.9 Å². The van der Waals surface area contributed by atoms with Gasteiger partial charge in [0.25, 0.3) is 5.91 Å². The molecule has 0 fully saturated rings. The summed E-state index contributed by atoms with van der Waals surface area (Å²) in [5.74, 6) is 0.368. The molecular weight excluding hydrogens is 350 g/mol. The Kier molecular flexibility index (Phi) is 5.39. The molecule has 0 unspecified atom stereocenters. The van der Waals surface area contributed by atoms with Crippen LogP contribution >= 0.6 is 11.6 Å². The highest BCUT2D eigenvalue weighted by molar-refractivity contribution is 6.30. The molecule has 0 spiro atoms. The fourth-order valence-electron chi connectivity index (χ4n) is 2.41. The van der Waals surface area contributed by atoms with Crippen molar-refractivity contribution in [2.75, 3.05) is 17.7 Å². The van der Waals surface area contributed by atoms with Crippen LogP contribution in [-0.2, 0) is 0 Å². The van der Waals surface area contributed by atoms with Gasteiger partial charge in [-0.15, -0.1) is 0 Å². The Morgan fingerprint density at radius 1 is 1.08 bits per heavy atom. The maximum atomic E-state index is 12.5. The number of aryl methyl sites for hydroxylation is 1. The highest BCUT2D eigenvalue weighted by Crippen LogP contribution is 2.24. The first-order chi connectivity index (χ1) is 12.5. The smallest absolute Gasteiger partial charge is 0.274 e. The molecule has 2 N–H and O–H groups in total. The van der Waals surface area contributed by atoms with Crippen molar-refractivity contribution in [3.8, 4) is 5.75 Å². The van der Waals surface area contributed by atoms with Crippen molar-refractivity contribution >= 4 is 34.6 Å². The van der Waals surface area contributed by atoms with E-state index in [2.05, 4.69) is 15.6 Å². The molecule has 1 heterocycles. The Balaban J connectivity index is 1.77. The van der Waals surface area contributed by atoms with Gasteiger partial charge in [-0.25, -0.2) is 0 Å². The second kappa shape index (κ2) is 7.89. The molecule has 0 aliphatic heterocycles. The van der Waals surface area contributed by atoms with E-state index in [1.807, 2.05) is 37.3 Å². The van der Waals surface area contributed by atoms with Crippen LogP contribution in [0.2, 0.25) is 5.02 Å². The molecule has 0 saturated heterocycles. The molecule has 2 aromatic carbocycles. The molecule has 1 amide bonds. The second-order valence-corrected chi connectivity index (χ2v) is 6.14. The summed E-state index contributed by atoms with van der Waals surface area (Å²) in [5.41, 5.74) is 3.62. The standard InChI is InChI=1S/C20H18ClN3O2/c1-13-6-7-14(21)10-18(13)23-16-8-9-22-19(12-16)20(25)24-15-4-3-5-17(11-15)26-2/h3-12H,1-2H3,(H,22,23)(H,24,25). The Bertz CT molecular complexity index is 944. The van der Waals surface area contributed by atoms with Crippen molar-refractivity contribution in [3.05, 3.63) is 77.1 Å². The highest BCUT2D eigenvalue weighted by Gasteiger charge is 2.10. The minimum absolute atomic E-state index is 0.301. The molecule has 0 aliphatic rings. The summed E-state index contributed by atoms with van der Waals surface area (Å²) in [7, 11) is 1.58. The van der Waals surface area contributed by atoms with Gasteiger partial charge >= 0.3 is 0 Å². The second-order valence-electron chi connectivity index (χ2n) is 5.70. The van der Waals surface area contributed by atoms with Crippen molar-refractivity contribution in [1.82, 2.24) is 4.98 Å². The zero-order chi connectivity index (χ0) is 18.5. The molecular formula is C20H18ClN3O2. The summed E-state index contributed by atoms with van der Waals surface area (Å²) < 4.78 is 5.16. The maximum absolute atomic E-state index is 12.5. The zero-order valence-corrected chi connectivity index (χ0v) is 15.2. The molecule has 0 saturated carbocycles. The number of carbonyl (C=O) groups is 1. The fraction of sp³-hybridized carbons (Fsp3) is 0.100. The first-order valence-electron chi connectivity index (χ1n) is 8.00. The Morgan fingerprint density at radius 2 is 1.92 bits per heavy atom. The summed E-state index contributed by atoms with van der Waals surface area (Å²) in [6, 6.07) is 16.2. The SMILES string of the molecule is COc1cccc(NC(=O)c2cc(Nc3cc(Cl)ccc3C)ccn2)c1. The number of pyridine rings is 1. The number of ether oxygens (including phenoxy) is 1. The lowest BCUT2D eigenvalue weighted by molar-refractivity contribution is 0.102. The number of rotatable bonds is 5. The van der Waals surface area contributed by atoms with E-state index in [4.69, 9.17) is 16.3 Å². The van der Waals surface area contributed by atoms with Crippen molar-refractivity contribution < 1.29 is 9.53 Å². The van der Waals surface area contributed by atoms with Gasteiger partial charge in [0.2, 0.25) is 0 Å². The molecule has 132 valence electrons. The monoisotopic (exact) mass is 367 g/mol. The number of carbonyl (C=O) groups excluding carboxylic acids is 1. The first-order valence-corrected chi connectivity index (χ1v) is 8.37. The molecule has 5 nitrogen and oxygen atoms in total. The van der Waals surface area contributed by atoms with Crippen LogP contribution in [0.15, 0.2) is 60.8 Å². The van der Waals surface area contributed by atoms with Crippen LogP contribution in [0, 0.1) is 6.92 Å². The van der Waals surface area contributed by atoms with Gasteiger partial charge in [-0.05, 0) is 48.9 Å². The number of methoxy groups -OCH3 is 1. The average Bonchev–Trinajstić information content (AvgIpc) is 2.65. The van der Waals surface area contributed by atoms with E-state index in [-0.39, 0.29) is 5.91 Å². The molecule has 26 heavy (non-hydrogen) atoms. The lowest BCUT2D eigenvalue weighted by Gasteiger charge is -2.11. The van der Waals surface area contributed by atoms with Crippen molar-refractivity contribution in [2.45, 2.75) is 6.92 Å². The Labute approximate surface area is 157 Å². The van der Waals surface area contributed by atoms with Gasteiger partial charge in [0, 0.05) is 34.3 Å². The van der Waals surface area contributed by atoms with Crippen LogP contribution < -0.4 is 15.4 Å². The predicted molar refractivity (Wildman–Crippen MR) is 105 cm³/mol. The number of aromatic nitrogens is 1. The van der Waals surface area contributed by atoms with Gasteiger partial charge in [-0.3, -0.25) is 9.78 Å². The largest absolute Gasteiger partial charge is 0.497 e.